The Morgan fingerprint density at radius 1 is 1.10 bits per heavy atom. The van der Waals surface area contributed by atoms with E-state index in [-0.39, 0.29) is 18.0 Å². The van der Waals surface area contributed by atoms with Crippen LogP contribution in [-0.2, 0) is 17.5 Å². The number of anilines is 1. The molecule has 0 saturated carbocycles. The van der Waals surface area contributed by atoms with Gasteiger partial charge in [-0.1, -0.05) is 12.1 Å². The number of hydrogen-bond donors (Lipinski definition) is 1. The number of alkyl halides is 3. The van der Waals surface area contributed by atoms with Crippen molar-refractivity contribution < 1.29 is 18.0 Å². The zero-order valence-corrected chi connectivity index (χ0v) is 17.1. The first-order chi connectivity index (χ1) is 14.8. The summed E-state index contributed by atoms with van der Waals surface area (Å²) >= 11 is 0. The first kappa shape index (κ1) is 21.6. The summed E-state index contributed by atoms with van der Waals surface area (Å²) in [4.78, 5) is 23.3. The van der Waals surface area contributed by atoms with E-state index >= 15 is 0 Å². The van der Waals surface area contributed by atoms with Gasteiger partial charge in [0.2, 0.25) is 5.91 Å². The van der Waals surface area contributed by atoms with Gasteiger partial charge in [-0.3, -0.25) is 14.7 Å². The van der Waals surface area contributed by atoms with Crippen LogP contribution in [0, 0.1) is 0 Å². The van der Waals surface area contributed by atoms with E-state index in [1.807, 2.05) is 23.1 Å². The quantitative estimate of drug-likeness (QED) is 0.802. The number of halogens is 3. The third kappa shape index (κ3) is 4.99. The Balaban J connectivity index is 1.38. The molecule has 3 heterocycles. The molecule has 0 aliphatic carbocycles. The van der Waals surface area contributed by atoms with Crippen molar-refractivity contribution in [3.05, 3.63) is 59.9 Å². The Bertz CT molecular complexity index is 900. The number of likely N-dealkylation sites (tertiary alicyclic amines) is 1. The Labute approximate surface area is 179 Å². The van der Waals surface area contributed by atoms with Gasteiger partial charge in [-0.15, -0.1) is 0 Å². The van der Waals surface area contributed by atoms with E-state index in [1.54, 1.807) is 17.2 Å². The maximum atomic E-state index is 13.2. The highest BCUT2D eigenvalue weighted by Gasteiger charge is 2.38. The number of hydrogen-bond acceptors (Lipinski definition) is 5. The topological polar surface area (TPSA) is 65.7 Å². The Kier molecular flexibility index (Phi) is 6.15. The number of aromatic nitrogens is 1. The van der Waals surface area contributed by atoms with E-state index in [1.165, 1.54) is 12.1 Å². The lowest BCUT2D eigenvalue weighted by atomic mass is 10.1. The average Bonchev–Trinajstić information content (AvgIpc) is 3.13. The second-order valence-corrected chi connectivity index (χ2v) is 8.12. The van der Waals surface area contributed by atoms with Crippen molar-refractivity contribution in [1.29, 1.82) is 0 Å². The fourth-order valence-corrected chi connectivity index (χ4v) is 4.35. The number of carbonyl (C=O) groups excluding carboxylic acids is 1. The van der Waals surface area contributed by atoms with E-state index in [9.17, 15) is 18.0 Å². The molecule has 2 atom stereocenters. The van der Waals surface area contributed by atoms with Crippen LogP contribution in [0.5, 0.6) is 0 Å². The van der Waals surface area contributed by atoms with Crippen molar-refractivity contribution in [2.24, 2.45) is 5.73 Å². The summed E-state index contributed by atoms with van der Waals surface area (Å²) in [6.45, 7) is 3.13. The summed E-state index contributed by atoms with van der Waals surface area (Å²) in [7, 11) is 0. The van der Waals surface area contributed by atoms with Gasteiger partial charge >= 0.3 is 6.18 Å². The van der Waals surface area contributed by atoms with Crippen LogP contribution >= 0.6 is 0 Å². The highest BCUT2D eigenvalue weighted by Crippen LogP contribution is 2.32. The van der Waals surface area contributed by atoms with Crippen molar-refractivity contribution in [2.75, 3.05) is 37.6 Å². The van der Waals surface area contributed by atoms with Gasteiger partial charge in [0, 0.05) is 57.2 Å². The van der Waals surface area contributed by atoms with Gasteiger partial charge in [0.25, 0.3) is 0 Å². The zero-order chi connectivity index (χ0) is 22.0. The van der Waals surface area contributed by atoms with Crippen molar-refractivity contribution in [2.45, 2.75) is 31.2 Å². The van der Waals surface area contributed by atoms with Crippen LogP contribution in [0.3, 0.4) is 0 Å². The Morgan fingerprint density at radius 3 is 2.55 bits per heavy atom. The molecule has 4 rings (SSSR count). The minimum absolute atomic E-state index is 0.0348. The van der Waals surface area contributed by atoms with E-state index in [0.29, 0.717) is 51.4 Å². The van der Waals surface area contributed by atoms with E-state index < -0.39 is 11.7 Å². The van der Waals surface area contributed by atoms with E-state index in [4.69, 9.17) is 5.73 Å². The molecule has 1 amide bonds. The number of rotatable bonds is 4. The molecule has 9 heteroatoms. The van der Waals surface area contributed by atoms with Crippen molar-refractivity contribution in [1.82, 2.24) is 14.8 Å². The van der Waals surface area contributed by atoms with Gasteiger partial charge in [-0.2, -0.15) is 13.2 Å². The van der Waals surface area contributed by atoms with Gasteiger partial charge in [0.05, 0.1) is 17.3 Å². The molecular weight excluding hydrogens is 407 g/mol. The minimum atomic E-state index is -4.37. The molecule has 0 unspecified atom stereocenters. The molecule has 2 aliphatic rings. The normalized spacial score (nSPS) is 22.7. The predicted octanol–water partition coefficient (Wildman–Crippen LogP) is 2.35. The summed E-state index contributed by atoms with van der Waals surface area (Å²) in [6, 6.07) is 10.7. The van der Waals surface area contributed by atoms with E-state index in [2.05, 4.69) is 9.88 Å². The van der Waals surface area contributed by atoms with Crippen molar-refractivity contribution >= 4 is 11.6 Å². The van der Waals surface area contributed by atoms with Gasteiger partial charge < -0.3 is 15.5 Å². The van der Waals surface area contributed by atoms with Gasteiger partial charge in [-0.25, -0.2) is 0 Å². The summed E-state index contributed by atoms with van der Waals surface area (Å²) < 4.78 is 39.0. The number of pyridine rings is 1. The van der Waals surface area contributed by atoms with Crippen LogP contribution in [-0.4, -0.2) is 65.5 Å². The molecule has 31 heavy (non-hydrogen) atoms. The third-order valence-electron chi connectivity index (χ3n) is 5.94. The monoisotopic (exact) mass is 433 g/mol. The number of nitrogens with zero attached hydrogens (tertiary/aromatic N) is 4. The minimum Gasteiger partial charge on any atom is -0.368 e. The zero-order valence-electron chi connectivity index (χ0n) is 17.1. The van der Waals surface area contributed by atoms with Crippen molar-refractivity contribution in [3.63, 3.8) is 0 Å². The first-order valence-electron chi connectivity index (χ1n) is 10.4. The molecule has 2 fully saturated rings. The number of piperazine rings is 1. The largest absolute Gasteiger partial charge is 0.416 e. The summed E-state index contributed by atoms with van der Waals surface area (Å²) in [5.41, 5.74) is 6.91. The first-order valence-corrected chi connectivity index (χ1v) is 10.4. The average molecular weight is 433 g/mol. The lowest BCUT2D eigenvalue weighted by Gasteiger charge is -2.38. The molecule has 0 radical (unpaired) electrons. The molecule has 2 N–H and O–H groups in total. The summed E-state index contributed by atoms with van der Waals surface area (Å²) in [5.74, 6) is 0.0348. The van der Waals surface area contributed by atoms with Gasteiger partial charge in [0.15, 0.2) is 0 Å². The molecule has 2 aliphatic heterocycles. The molecule has 2 aromatic rings. The maximum absolute atomic E-state index is 13.2. The molecule has 0 bridgehead atoms. The van der Waals surface area contributed by atoms with Crippen molar-refractivity contribution in [3.8, 4) is 0 Å². The van der Waals surface area contributed by atoms with Gasteiger partial charge in [-0.05, 0) is 36.8 Å². The maximum Gasteiger partial charge on any atom is 0.416 e. The fourth-order valence-electron chi connectivity index (χ4n) is 4.35. The number of carbonyl (C=O) groups is 1. The predicted molar refractivity (Wildman–Crippen MR) is 111 cm³/mol. The molecular formula is C22H26F3N5O. The van der Waals surface area contributed by atoms with Crippen LogP contribution < -0.4 is 10.6 Å². The SMILES string of the molecule is N[C@@H]1C[C@@H](C(=O)N2CCN(c3cccc(C(F)(F)F)c3)CC2)N(Cc2ccccn2)C1. The molecule has 1 aromatic carbocycles. The number of benzene rings is 1. The second-order valence-electron chi connectivity index (χ2n) is 8.12. The summed E-state index contributed by atoms with van der Waals surface area (Å²) in [6.07, 6.45) is -2.04. The second kappa shape index (κ2) is 8.84. The van der Waals surface area contributed by atoms with Crippen LogP contribution in [0.25, 0.3) is 0 Å². The summed E-state index contributed by atoms with van der Waals surface area (Å²) in [5, 5.41) is 0. The van der Waals surface area contributed by atoms with Crippen LogP contribution in [0.2, 0.25) is 0 Å². The van der Waals surface area contributed by atoms with E-state index in [0.717, 1.165) is 11.8 Å². The lowest BCUT2D eigenvalue weighted by molar-refractivity contribution is -0.137. The number of amides is 1. The lowest BCUT2D eigenvalue weighted by Crippen LogP contribution is -2.53. The molecule has 1 aromatic heterocycles. The van der Waals surface area contributed by atoms with Crippen LogP contribution in [0.15, 0.2) is 48.7 Å². The molecule has 166 valence electrons. The number of nitrogens with two attached hydrogens (primary N) is 1. The highest BCUT2D eigenvalue weighted by molar-refractivity contribution is 5.82. The standard InChI is InChI=1S/C22H26F3N5O/c23-22(24,25)16-4-3-6-19(12-16)28-8-10-29(11-9-28)21(31)20-13-17(26)14-30(20)15-18-5-1-2-7-27-18/h1-7,12,17,20H,8-11,13-15,26H2/t17-,20+/m1/s1. The smallest absolute Gasteiger partial charge is 0.368 e. The van der Waals surface area contributed by atoms with Gasteiger partial charge in [0.1, 0.15) is 0 Å². The molecule has 6 nitrogen and oxygen atoms in total. The highest BCUT2D eigenvalue weighted by atomic mass is 19.4. The fraction of sp³-hybridized carbons (Fsp3) is 0.455. The molecule has 2 saturated heterocycles. The Hall–Kier alpha value is -2.65. The van der Waals surface area contributed by atoms with Crippen LogP contribution in [0.1, 0.15) is 17.7 Å². The third-order valence-corrected chi connectivity index (χ3v) is 5.94. The van der Waals surface area contributed by atoms with Crippen LogP contribution in [0.4, 0.5) is 18.9 Å². The molecule has 0 spiro atoms. The Morgan fingerprint density at radius 2 is 1.87 bits per heavy atom.